The average Bonchev–Trinajstić information content (AvgIpc) is 2.93. The number of methoxy groups -OCH3 is 1. The molecule has 0 aliphatic heterocycles. The van der Waals surface area contributed by atoms with Gasteiger partial charge in [-0.15, -0.1) is 6.58 Å². The number of fused-ring (bicyclic) bond motifs is 1. The number of carbonyl (C=O) groups excluding carboxylic acids is 1. The molecule has 0 amide bonds. The van der Waals surface area contributed by atoms with E-state index in [1.807, 2.05) is 60.0 Å². The number of aryl methyl sites for hydroxylation is 1. The summed E-state index contributed by atoms with van der Waals surface area (Å²) in [6.45, 7) is 6.40. The highest BCUT2D eigenvalue weighted by Crippen LogP contribution is 2.26. The minimum absolute atomic E-state index is 0.0158. The molecule has 0 radical (unpaired) electrons. The molecule has 1 heterocycles. The molecular formula is C20H19NO2. The molecular weight excluding hydrogens is 286 g/mol. The van der Waals surface area contributed by atoms with E-state index in [2.05, 4.69) is 6.58 Å². The van der Waals surface area contributed by atoms with Gasteiger partial charge in [-0.2, -0.15) is 0 Å². The largest absolute Gasteiger partial charge is 0.497 e. The fraction of sp³-hybridized carbons (Fsp3) is 0.150. The fourth-order valence-corrected chi connectivity index (χ4v) is 2.74. The summed E-state index contributed by atoms with van der Waals surface area (Å²) >= 11 is 0. The van der Waals surface area contributed by atoms with Crippen molar-refractivity contribution in [2.24, 2.45) is 0 Å². The second-order valence-electron chi connectivity index (χ2n) is 5.55. The minimum atomic E-state index is 0.0158. The van der Waals surface area contributed by atoms with Crippen LogP contribution < -0.4 is 4.74 Å². The molecule has 3 rings (SSSR count). The van der Waals surface area contributed by atoms with E-state index in [1.54, 1.807) is 13.2 Å². The highest BCUT2D eigenvalue weighted by atomic mass is 16.5. The number of benzene rings is 2. The van der Waals surface area contributed by atoms with Crippen molar-refractivity contribution in [1.29, 1.82) is 0 Å². The van der Waals surface area contributed by atoms with Gasteiger partial charge in [-0.3, -0.25) is 4.79 Å². The molecule has 0 bridgehead atoms. The first-order chi connectivity index (χ1) is 11.1. The maximum absolute atomic E-state index is 12.9. The first kappa shape index (κ1) is 15.1. The number of rotatable bonds is 5. The standard InChI is InChI=1S/C20H19NO2/c1-4-11-21-18-10-9-17(23-3)12-16(18)13-19(21)20(22)15-7-5-14(2)6-8-15/h4-10,12-13H,1,11H2,2-3H3. The quantitative estimate of drug-likeness (QED) is 0.517. The van der Waals surface area contributed by atoms with Crippen LogP contribution in [0.5, 0.6) is 5.75 Å². The molecule has 3 heteroatoms. The minimum Gasteiger partial charge on any atom is -0.497 e. The Balaban J connectivity index is 2.14. The van der Waals surface area contributed by atoms with Crippen LogP contribution in [0.3, 0.4) is 0 Å². The molecule has 0 N–H and O–H groups in total. The van der Waals surface area contributed by atoms with E-state index in [-0.39, 0.29) is 5.78 Å². The molecule has 0 saturated heterocycles. The van der Waals surface area contributed by atoms with Crippen molar-refractivity contribution >= 4 is 16.7 Å². The normalized spacial score (nSPS) is 10.7. The van der Waals surface area contributed by atoms with Gasteiger partial charge in [0.25, 0.3) is 0 Å². The lowest BCUT2D eigenvalue weighted by molar-refractivity contribution is 0.103. The monoisotopic (exact) mass is 305 g/mol. The molecule has 2 aromatic carbocycles. The van der Waals surface area contributed by atoms with Gasteiger partial charge in [-0.25, -0.2) is 0 Å². The van der Waals surface area contributed by atoms with Gasteiger partial charge in [-0.1, -0.05) is 35.9 Å². The summed E-state index contributed by atoms with van der Waals surface area (Å²) in [5.41, 5.74) is 3.49. The smallest absolute Gasteiger partial charge is 0.209 e. The Labute approximate surface area is 135 Å². The predicted molar refractivity (Wildman–Crippen MR) is 93.3 cm³/mol. The third-order valence-electron chi connectivity index (χ3n) is 3.97. The maximum Gasteiger partial charge on any atom is 0.209 e. The fourth-order valence-electron chi connectivity index (χ4n) is 2.74. The summed E-state index contributed by atoms with van der Waals surface area (Å²) in [6, 6.07) is 15.4. The van der Waals surface area contributed by atoms with Gasteiger partial charge in [-0.05, 0) is 31.2 Å². The van der Waals surface area contributed by atoms with Gasteiger partial charge >= 0.3 is 0 Å². The maximum atomic E-state index is 12.9. The molecule has 0 aliphatic rings. The highest BCUT2D eigenvalue weighted by Gasteiger charge is 2.17. The van der Waals surface area contributed by atoms with Crippen LogP contribution in [0.2, 0.25) is 0 Å². The lowest BCUT2D eigenvalue weighted by atomic mass is 10.1. The first-order valence-electron chi connectivity index (χ1n) is 7.53. The first-order valence-corrected chi connectivity index (χ1v) is 7.53. The van der Waals surface area contributed by atoms with Crippen LogP contribution in [-0.4, -0.2) is 17.5 Å². The van der Waals surface area contributed by atoms with Gasteiger partial charge in [0, 0.05) is 23.0 Å². The van der Waals surface area contributed by atoms with E-state index in [0.29, 0.717) is 17.8 Å². The summed E-state index contributed by atoms with van der Waals surface area (Å²) in [5.74, 6) is 0.796. The Bertz CT molecular complexity index is 873. The van der Waals surface area contributed by atoms with Crippen molar-refractivity contribution in [3.05, 3.63) is 78.0 Å². The lowest BCUT2D eigenvalue weighted by Crippen LogP contribution is -2.09. The summed E-state index contributed by atoms with van der Waals surface area (Å²) in [7, 11) is 1.64. The average molecular weight is 305 g/mol. The second kappa shape index (κ2) is 6.13. The predicted octanol–water partition coefficient (Wildman–Crippen LogP) is 4.38. The van der Waals surface area contributed by atoms with Gasteiger partial charge in [0.05, 0.1) is 12.8 Å². The van der Waals surface area contributed by atoms with Crippen molar-refractivity contribution in [1.82, 2.24) is 4.57 Å². The van der Waals surface area contributed by atoms with Gasteiger partial charge in [0.15, 0.2) is 0 Å². The van der Waals surface area contributed by atoms with Crippen molar-refractivity contribution in [3.8, 4) is 5.75 Å². The Hall–Kier alpha value is -2.81. The van der Waals surface area contributed by atoms with Crippen LogP contribution in [0, 0.1) is 6.92 Å². The molecule has 1 aromatic heterocycles. The third kappa shape index (κ3) is 2.78. The van der Waals surface area contributed by atoms with E-state index in [0.717, 1.165) is 22.2 Å². The zero-order valence-corrected chi connectivity index (χ0v) is 13.4. The number of ketones is 1. The number of nitrogens with zero attached hydrogens (tertiary/aromatic N) is 1. The number of allylic oxidation sites excluding steroid dienone is 1. The van der Waals surface area contributed by atoms with E-state index in [1.165, 1.54) is 0 Å². The Morgan fingerprint density at radius 2 is 1.91 bits per heavy atom. The lowest BCUT2D eigenvalue weighted by Gasteiger charge is -2.08. The molecule has 3 aromatic rings. The number of carbonyl (C=O) groups is 1. The second-order valence-corrected chi connectivity index (χ2v) is 5.55. The Morgan fingerprint density at radius 3 is 2.57 bits per heavy atom. The summed E-state index contributed by atoms with van der Waals surface area (Å²) in [6.07, 6.45) is 1.80. The SMILES string of the molecule is C=CCn1c(C(=O)c2ccc(C)cc2)cc2cc(OC)ccc21. The molecule has 3 nitrogen and oxygen atoms in total. The molecule has 0 fully saturated rings. The van der Waals surface area contributed by atoms with Gasteiger partial charge < -0.3 is 9.30 Å². The number of aromatic nitrogens is 1. The summed E-state index contributed by atoms with van der Waals surface area (Å²) < 4.78 is 7.27. The van der Waals surface area contributed by atoms with E-state index >= 15 is 0 Å². The molecule has 23 heavy (non-hydrogen) atoms. The number of hydrogen-bond donors (Lipinski definition) is 0. The highest BCUT2D eigenvalue weighted by molar-refractivity contribution is 6.10. The third-order valence-corrected chi connectivity index (χ3v) is 3.97. The van der Waals surface area contributed by atoms with Crippen LogP contribution in [0.25, 0.3) is 10.9 Å². The van der Waals surface area contributed by atoms with Crippen molar-refractivity contribution < 1.29 is 9.53 Å². The van der Waals surface area contributed by atoms with Crippen LogP contribution in [0.4, 0.5) is 0 Å². The summed E-state index contributed by atoms with van der Waals surface area (Å²) in [5, 5.41) is 0.988. The molecule has 0 atom stereocenters. The molecule has 0 unspecified atom stereocenters. The zero-order chi connectivity index (χ0) is 16.4. The van der Waals surface area contributed by atoms with Crippen molar-refractivity contribution in [2.75, 3.05) is 7.11 Å². The summed E-state index contributed by atoms with van der Waals surface area (Å²) in [4.78, 5) is 12.9. The molecule has 0 spiro atoms. The van der Waals surface area contributed by atoms with Crippen molar-refractivity contribution in [3.63, 3.8) is 0 Å². The Kier molecular flexibility index (Phi) is 4.02. The van der Waals surface area contributed by atoms with E-state index in [9.17, 15) is 4.79 Å². The topological polar surface area (TPSA) is 31.2 Å². The van der Waals surface area contributed by atoms with Crippen LogP contribution in [0.15, 0.2) is 61.2 Å². The van der Waals surface area contributed by atoms with Crippen molar-refractivity contribution in [2.45, 2.75) is 13.5 Å². The number of ether oxygens (including phenoxy) is 1. The van der Waals surface area contributed by atoms with E-state index in [4.69, 9.17) is 4.74 Å². The van der Waals surface area contributed by atoms with Crippen LogP contribution in [-0.2, 0) is 6.54 Å². The van der Waals surface area contributed by atoms with Crippen LogP contribution in [0.1, 0.15) is 21.6 Å². The molecule has 0 saturated carbocycles. The molecule has 0 aliphatic carbocycles. The molecule has 116 valence electrons. The van der Waals surface area contributed by atoms with Gasteiger partial charge in [0.2, 0.25) is 5.78 Å². The van der Waals surface area contributed by atoms with Crippen LogP contribution >= 0.6 is 0 Å². The number of hydrogen-bond acceptors (Lipinski definition) is 2. The zero-order valence-electron chi connectivity index (χ0n) is 13.4. The van der Waals surface area contributed by atoms with Gasteiger partial charge in [0.1, 0.15) is 5.75 Å². The Morgan fingerprint density at radius 1 is 1.17 bits per heavy atom. The van der Waals surface area contributed by atoms with E-state index < -0.39 is 0 Å².